The zero-order valence-electron chi connectivity index (χ0n) is 13.5. The van der Waals surface area contributed by atoms with E-state index in [4.69, 9.17) is 0 Å². The molecule has 2 aliphatic rings. The fourth-order valence-electron chi connectivity index (χ4n) is 3.08. The molecule has 1 aromatic carbocycles. The van der Waals surface area contributed by atoms with Crippen LogP contribution in [0.1, 0.15) is 23.2 Å². The van der Waals surface area contributed by atoms with Crippen molar-refractivity contribution in [3.63, 3.8) is 0 Å². The number of carbonyl (C=O) groups is 3. The molecular weight excluding hydrogens is 308 g/mol. The van der Waals surface area contributed by atoms with Gasteiger partial charge in [-0.25, -0.2) is 4.79 Å². The lowest BCUT2D eigenvalue weighted by Crippen LogP contribution is -2.48. The molecule has 2 aliphatic heterocycles. The molecule has 7 nitrogen and oxygen atoms in total. The van der Waals surface area contributed by atoms with Crippen LogP contribution in [0.2, 0.25) is 0 Å². The Balaban J connectivity index is 1.43. The first-order valence-corrected chi connectivity index (χ1v) is 8.30. The average Bonchev–Trinajstić information content (AvgIpc) is 3.03. The maximum absolute atomic E-state index is 12.2. The summed E-state index contributed by atoms with van der Waals surface area (Å²) >= 11 is 0. The summed E-state index contributed by atoms with van der Waals surface area (Å²) in [6, 6.07) is 8.99. The van der Waals surface area contributed by atoms with E-state index in [1.165, 1.54) is 4.90 Å². The maximum Gasteiger partial charge on any atom is 0.324 e. The van der Waals surface area contributed by atoms with E-state index >= 15 is 0 Å². The van der Waals surface area contributed by atoms with Gasteiger partial charge in [0, 0.05) is 37.8 Å². The van der Waals surface area contributed by atoms with Crippen LogP contribution < -0.4 is 10.6 Å². The first-order chi connectivity index (χ1) is 11.6. The largest absolute Gasteiger partial charge is 0.349 e. The highest BCUT2D eigenvalue weighted by Gasteiger charge is 2.29. The summed E-state index contributed by atoms with van der Waals surface area (Å²) in [7, 11) is 0. The van der Waals surface area contributed by atoms with Crippen molar-refractivity contribution >= 4 is 17.8 Å². The van der Waals surface area contributed by atoms with Crippen LogP contribution in [0, 0.1) is 0 Å². The first-order valence-electron chi connectivity index (χ1n) is 8.30. The number of urea groups is 1. The van der Waals surface area contributed by atoms with Gasteiger partial charge in [0.2, 0.25) is 5.91 Å². The Bertz CT molecular complexity index is 612. The van der Waals surface area contributed by atoms with Gasteiger partial charge in [-0.15, -0.1) is 0 Å². The van der Waals surface area contributed by atoms with Crippen molar-refractivity contribution in [3.8, 4) is 0 Å². The quantitative estimate of drug-likeness (QED) is 0.839. The molecule has 2 N–H and O–H groups in total. The SMILES string of the molecule is O=C(NC1CCN(CC(=O)N2CCNC2=O)CC1)c1ccccc1. The molecule has 0 radical (unpaired) electrons. The minimum Gasteiger partial charge on any atom is -0.349 e. The summed E-state index contributed by atoms with van der Waals surface area (Å²) in [4.78, 5) is 39.1. The van der Waals surface area contributed by atoms with E-state index in [0.29, 0.717) is 18.7 Å². The number of nitrogens with one attached hydrogen (secondary N) is 2. The number of hydrogen-bond acceptors (Lipinski definition) is 4. The van der Waals surface area contributed by atoms with E-state index in [-0.39, 0.29) is 30.4 Å². The van der Waals surface area contributed by atoms with Crippen LogP contribution in [0.3, 0.4) is 0 Å². The number of carbonyl (C=O) groups excluding carboxylic acids is 3. The molecule has 0 saturated carbocycles. The third kappa shape index (κ3) is 3.91. The smallest absolute Gasteiger partial charge is 0.324 e. The summed E-state index contributed by atoms with van der Waals surface area (Å²) < 4.78 is 0. The van der Waals surface area contributed by atoms with Crippen molar-refractivity contribution in [2.24, 2.45) is 0 Å². The van der Waals surface area contributed by atoms with E-state index < -0.39 is 0 Å². The van der Waals surface area contributed by atoms with E-state index in [2.05, 4.69) is 10.6 Å². The normalized spacial score (nSPS) is 19.2. The van der Waals surface area contributed by atoms with Crippen LogP contribution in [-0.2, 0) is 4.79 Å². The Morgan fingerprint density at radius 1 is 1.12 bits per heavy atom. The third-order valence-corrected chi connectivity index (χ3v) is 4.48. The van der Waals surface area contributed by atoms with Crippen molar-refractivity contribution in [1.82, 2.24) is 20.4 Å². The molecular formula is C17H22N4O3. The minimum atomic E-state index is -0.301. The maximum atomic E-state index is 12.2. The Morgan fingerprint density at radius 3 is 2.46 bits per heavy atom. The van der Waals surface area contributed by atoms with Crippen LogP contribution in [0.15, 0.2) is 30.3 Å². The lowest BCUT2D eigenvalue weighted by Gasteiger charge is -2.32. The predicted molar refractivity (Wildman–Crippen MR) is 88.5 cm³/mol. The van der Waals surface area contributed by atoms with Gasteiger partial charge in [-0.2, -0.15) is 0 Å². The highest BCUT2D eigenvalue weighted by Crippen LogP contribution is 2.12. The Labute approximate surface area is 141 Å². The molecule has 0 aromatic heterocycles. The lowest BCUT2D eigenvalue weighted by molar-refractivity contribution is -0.129. The van der Waals surface area contributed by atoms with Gasteiger partial charge in [0.15, 0.2) is 0 Å². The van der Waals surface area contributed by atoms with E-state index in [9.17, 15) is 14.4 Å². The molecule has 1 aromatic rings. The van der Waals surface area contributed by atoms with Crippen LogP contribution in [0.25, 0.3) is 0 Å². The molecule has 0 spiro atoms. The molecule has 24 heavy (non-hydrogen) atoms. The topological polar surface area (TPSA) is 81.8 Å². The number of imide groups is 1. The van der Waals surface area contributed by atoms with E-state index in [1.807, 2.05) is 23.1 Å². The van der Waals surface area contributed by atoms with Crippen LogP contribution in [0.5, 0.6) is 0 Å². The van der Waals surface area contributed by atoms with Crippen molar-refractivity contribution in [2.75, 3.05) is 32.7 Å². The van der Waals surface area contributed by atoms with Crippen LogP contribution in [-0.4, -0.2) is 66.4 Å². The lowest BCUT2D eigenvalue weighted by atomic mass is 10.0. The van der Waals surface area contributed by atoms with Gasteiger partial charge >= 0.3 is 6.03 Å². The van der Waals surface area contributed by atoms with Gasteiger partial charge in [0.25, 0.3) is 5.91 Å². The molecule has 2 saturated heterocycles. The molecule has 7 heteroatoms. The zero-order valence-corrected chi connectivity index (χ0v) is 13.5. The third-order valence-electron chi connectivity index (χ3n) is 4.48. The molecule has 3 rings (SSSR count). The molecule has 0 bridgehead atoms. The monoisotopic (exact) mass is 330 g/mol. The van der Waals surface area contributed by atoms with Gasteiger partial charge in [-0.1, -0.05) is 18.2 Å². The second-order valence-electron chi connectivity index (χ2n) is 6.17. The van der Waals surface area contributed by atoms with Gasteiger partial charge in [0.05, 0.1) is 6.54 Å². The molecule has 2 heterocycles. The minimum absolute atomic E-state index is 0.0566. The Morgan fingerprint density at radius 2 is 1.83 bits per heavy atom. The highest BCUT2D eigenvalue weighted by atomic mass is 16.2. The van der Waals surface area contributed by atoms with Crippen molar-refractivity contribution in [1.29, 1.82) is 0 Å². The molecule has 2 fully saturated rings. The van der Waals surface area contributed by atoms with E-state index in [0.717, 1.165) is 25.9 Å². The Kier molecular flexibility index (Phi) is 5.10. The number of hydrogen-bond donors (Lipinski definition) is 2. The van der Waals surface area contributed by atoms with Crippen molar-refractivity contribution in [2.45, 2.75) is 18.9 Å². The first kappa shape index (κ1) is 16.4. The Hall–Kier alpha value is -2.41. The summed E-state index contributed by atoms with van der Waals surface area (Å²) in [5.74, 6) is -0.212. The standard InChI is InChI=1S/C17H22N4O3/c22-15(21-11-8-18-17(21)24)12-20-9-6-14(7-10-20)19-16(23)13-4-2-1-3-5-13/h1-5,14H,6-12H2,(H,18,24)(H,19,23). The van der Waals surface area contributed by atoms with Crippen LogP contribution >= 0.6 is 0 Å². The second-order valence-corrected chi connectivity index (χ2v) is 6.17. The summed E-state index contributed by atoms with van der Waals surface area (Å²) in [6.45, 7) is 2.70. The molecule has 0 atom stereocenters. The van der Waals surface area contributed by atoms with Gasteiger partial charge in [0.1, 0.15) is 0 Å². The predicted octanol–water partition coefficient (Wildman–Crippen LogP) is 0.433. The highest BCUT2D eigenvalue weighted by molar-refractivity contribution is 5.96. The molecule has 0 unspecified atom stereocenters. The summed E-state index contributed by atoms with van der Waals surface area (Å²) in [5, 5.41) is 5.68. The number of piperidine rings is 1. The fraction of sp³-hybridized carbons (Fsp3) is 0.471. The fourth-order valence-corrected chi connectivity index (χ4v) is 3.08. The average molecular weight is 330 g/mol. The zero-order chi connectivity index (χ0) is 16.9. The number of likely N-dealkylation sites (tertiary alicyclic amines) is 1. The summed E-state index contributed by atoms with van der Waals surface area (Å²) in [5.41, 5.74) is 0.662. The second kappa shape index (κ2) is 7.44. The molecule has 0 aliphatic carbocycles. The number of benzene rings is 1. The number of nitrogens with zero attached hydrogens (tertiary/aromatic N) is 2. The van der Waals surface area contributed by atoms with Crippen molar-refractivity contribution < 1.29 is 14.4 Å². The van der Waals surface area contributed by atoms with Gasteiger partial charge in [-0.3, -0.25) is 19.4 Å². The van der Waals surface area contributed by atoms with Gasteiger partial charge in [-0.05, 0) is 25.0 Å². The number of amides is 4. The summed E-state index contributed by atoms with van der Waals surface area (Å²) in [6.07, 6.45) is 1.61. The van der Waals surface area contributed by atoms with E-state index in [1.54, 1.807) is 12.1 Å². The number of rotatable bonds is 4. The van der Waals surface area contributed by atoms with Gasteiger partial charge < -0.3 is 10.6 Å². The molecule has 128 valence electrons. The molecule has 4 amide bonds. The van der Waals surface area contributed by atoms with Crippen LogP contribution in [0.4, 0.5) is 4.79 Å². The van der Waals surface area contributed by atoms with Crippen molar-refractivity contribution in [3.05, 3.63) is 35.9 Å².